The number of carbonyl (C=O) groups excluding carboxylic acids is 3. The van der Waals surface area contributed by atoms with Crippen molar-refractivity contribution < 1.29 is 28.2 Å². The van der Waals surface area contributed by atoms with Gasteiger partial charge in [-0.25, -0.2) is 4.39 Å². The maximum atomic E-state index is 13.6. The van der Waals surface area contributed by atoms with Crippen LogP contribution in [0.25, 0.3) is 11.1 Å². The van der Waals surface area contributed by atoms with Crippen molar-refractivity contribution in [3.63, 3.8) is 0 Å². The highest BCUT2D eigenvalue weighted by atomic mass is 19.1. The van der Waals surface area contributed by atoms with E-state index in [-0.39, 0.29) is 49.5 Å². The van der Waals surface area contributed by atoms with Gasteiger partial charge in [0, 0.05) is 30.6 Å². The molecule has 1 unspecified atom stereocenters. The number of ether oxygens (including phenoxy) is 2. The van der Waals surface area contributed by atoms with E-state index in [1.165, 1.54) is 17.0 Å². The van der Waals surface area contributed by atoms with Crippen LogP contribution in [0.5, 0.6) is 0 Å². The molecule has 2 aliphatic rings. The summed E-state index contributed by atoms with van der Waals surface area (Å²) in [6, 6.07) is 10.7. The van der Waals surface area contributed by atoms with Crippen LogP contribution in [0.3, 0.4) is 0 Å². The number of nitrogens with two attached hydrogens (primary N) is 1. The molecule has 2 heterocycles. The van der Waals surface area contributed by atoms with Crippen LogP contribution in [0.4, 0.5) is 4.39 Å². The molecule has 1 spiro atoms. The SMILES string of the molecule is C/C=C(\C=C(/C)CNC(=O)C1CC2(CN1C(=O)CN(C)Cc1cc(-c3ccc(F)cc3)ccc1C=O)OCCO2)C(=N)N.CC. The smallest absolute Gasteiger partial charge is 0.243 e. The second-order valence-corrected chi connectivity index (χ2v) is 10.9. The van der Waals surface area contributed by atoms with Crippen molar-refractivity contribution in [2.24, 2.45) is 5.73 Å². The highest BCUT2D eigenvalue weighted by molar-refractivity contribution is 5.97. The van der Waals surface area contributed by atoms with Crippen LogP contribution in [-0.2, 0) is 25.6 Å². The summed E-state index contributed by atoms with van der Waals surface area (Å²) >= 11 is 0. The Bertz CT molecular complexity index is 1430. The van der Waals surface area contributed by atoms with Gasteiger partial charge in [0.25, 0.3) is 0 Å². The zero-order valence-electron chi connectivity index (χ0n) is 26.7. The number of nitrogens with one attached hydrogen (secondary N) is 2. The summed E-state index contributed by atoms with van der Waals surface area (Å²) in [6.45, 7) is 8.99. The molecule has 2 fully saturated rings. The van der Waals surface area contributed by atoms with Crippen molar-refractivity contribution in [1.29, 1.82) is 5.41 Å². The van der Waals surface area contributed by atoms with E-state index in [9.17, 15) is 18.8 Å². The van der Waals surface area contributed by atoms with Gasteiger partial charge < -0.3 is 25.4 Å². The molecule has 0 aliphatic carbocycles. The van der Waals surface area contributed by atoms with Crippen LogP contribution in [0, 0.1) is 11.2 Å². The van der Waals surface area contributed by atoms with E-state index in [1.807, 2.05) is 26.8 Å². The lowest BCUT2D eigenvalue weighted by atomic mass is 9.99. The monoisotopic (exact) mass is 621 g/mol. The molecule has 2 aromatic carbocycles. The van der Waals surface area contributed by atoms with Crippen LogP contribution in [0.1, 0.15) is 50.0 Å². The zero-order chi connectivity index (χ0) is 33.1. The van der Waals surface area contributed by atoms with Gasteiger partial charge in [-0.05, 0) is 55.8 Å². The van der Waals surface area contributed by atoms with Crippen molar-refractivity contribution in [2.45, 2.75) is 52.5 Å². The summed E-state index contributed by atoms with van der Waals surface area (Å²) in [6.07, 6.45) is 4.43. The number of benzene rings is 2. The molecule has 0 bridgehead atoms. The number of halogens is 1. The van der Waals surface area contributed by atoms with Gasteiger partial charge in [-0.1, -0.05) is 55.8 Å². The molecule has 0 radical (unpaired) electrons. The highest BCUT2D eigenvalue weighted by Crippen LogP contribution is 2.35. The van der Waals surface area contributed by atoms with E-state index in [4.69, 9.17) is 20.6 Å². The number of aldehydes is 1. The Morgan fingerprint density at radius 1 is 1.16 bits per heavy atom. The second-order valence-electron chi connectivity index (χ2n) is 10.9. The lowest BCUT2D eigenvalue weighted by Crippen LogP contribution is -2.49. The van der Waals surface area contributed by atoms with Crippen molar-refractivity contribution in [3.05, 3.63) is 82.7 Å². The van der Waals surface area contributed by atoms with Crippen molar-refractivity contribution in [1.82, 2.24) is 15.1 Å². The van der Waals surface area contributed by atoms with Gasteiger partial charge in [0.05, 0.1) is 26.3 Å². The first kappa shape index (κ1) is 35.3. The molecule has 2 saturated heterocycles. The van der Waals surface area contributed by atoms with E-state index < -0.39 is 11.8 Å². The molecule has 0 saturated carbocycles. The molecule has 4 rings (SSSR count). The number of likely N-dealkylation sites (N-methyl/N-ethyl adjacent to an activating group) is 1. The summed E-state index contributed by atoms with van der Waals surface area (Å²) < 4.78 is 25.1. The number of rotatable bonds is 11. The van der Waals surface area contributed by atoms with Gasteiger partial charge >= 0.3 is 0 Å². The van der Waals surface area contributed by atoms with Gasteiger partial charge in [-0.15, -0.1) is 0 Å². The number of amidine groups is 1. The Labute approximate surface area is 264 Å². The first-order valence-electron chi connectivity index (χ1n) is 15.1. The minimum absolute atomic E-state index is 0.0128. The maximum Gasteiger partial charge on any atom is 0.243 e. The van der Waals surface area contributed by atoms with E-state index >= 15 is 0 Å². The van der Waals surface area contributed by atoms with Crippen LogP contribution in [0.2, 0.25) is 0 Å². The molecule has 4 N–H and O–H groups in total. The average Bonchev–Trinajstić information content (AvgIpc) is 3.66. The fraction of sp³-hybridized carbons (Fsp3) is 0.412. The number of carbonyl (C=O) groups is 3. The lowest BCUT2D eigenvalue weighted by molar-refractivity contribution is -0.152. The van der Waals surface area contributed by atoms with Crippen molar-refractivity contribution in [2.75, 3.05) is 39.9 Å². The first-order chi connectivity index (χ1) is 21.5. The van der Waals surface area contributed by atoms with E-state index in [0.29, 0.717) is 30.9 Å². The molecule has 2 aromatic rings. The molecule has 242 valence electrons. The molecule has 2 aliphatic heterocycles. The van der Waals surface area contributed by atoms with Crippen LogP contribution < -0.4 is 11.1 Å². The summed E-state index contributed by atoms with van der Waals surface area (Å²) in [5.74, 6) is -2.04. The summed E-state index contributed by atoms with van der Waals surface area (Å²) in [5.41, 5.74) is 9.78. The fourth-order valence-electron chi connectivity index (χ4n) is 5.37. The third-order valence-electron chi connectivity index (χ3n) is 7.59. The van der Waals surface area contributed by atoms with E-state index in [0.717, 1.165) is 28.5 Å². The number of nitrogens with zero attached hydrogens (tertiary/aromatic N) is 2. The predicted octanol–water partition coefficient (Wildman–Crippen LogP) is 4.05. The van der Waals surface area contributed by atoms with Gasteiger partial charge in [0.1, 0.15) is 24.0 Å². The number of allylic oxidation sites excluding steroid dienone is 1. The van der Waals surface area contributed by atoms with Crippen molar-refractivity contribution in [3.8, 4) is 11.1 Å². The Morgan fingerprint density at radius 3 is 2.40 bits per heavy atom. The Balaban J connectivity index is 0.00000271. The predicted molar refractivity (Wildman–Crippen MR) is 172 cm³/mol. The second kappa shape index (κ2) is 16.2. The molecule has 45 heavy (non-hydrogen) atoms. The maximum absolute atomic E-state index is 13.6. The molecular weight excluding hydrogens is 577 g/mol. The normalized spacial score (nSPS) is 17.7. The molecule has 10 nitrogen and oxygen atoms in total. The first-order valence-corrected chi connectivity index (χ1v) is 15.1. The quantitative estimate of drug-likeness (QED) is 0.149. The fourth-order valence-corrected chi connectivity index (χ4v) is 5.37. The Morgan fingerprint density at radius 2 is 1.80 bits per heavy atom. The minimum Gasteiger partial charge on any atom is -0.384 e. The Hall–Kier alpha value is -4.19. The molecule has 0 aromatic heterocycles. The number of likely N-dealkylation sites (tertiary alicyclic amines) is 1. The third kappa shape index (κ3) is 9.16. The van der Waals surface area contributed by atoms with Gasteiger partial charge in [0.15, 0.2) is 5.79 Å². The highest BCUT2D eigenvalue weighted by Gasteiger charge is 2.52. The van der Waals surface area contributed by atoms with Crippen LogP contribution in [-0.4, -0.2) is 85.5 Å². The molecule has 11 heteroatoms. The van der Waals surface area contributed by atoms with Crippen LogP contribution >= 0.6 is 0 Å². The summed E-state index contributed by atoms with van der Waals surface area (Å²) in [7, 11) is 1.77. The van der Waals surface area contributed by atoms with Gasteiger partial charge in [0.2, 0.25) is 11.8 Å². The number of hydrogen-bond acceptors (Lipinski definition) is 7. The number of hydrogen-bond donors (Lipinski definition) is 3. The Kier molecular flexibility index (Phi) is 12.7. The standard InChI is InChI=1S/C32H38FN5O5.C2H6/c1-4-22(30(34)35)13-21(2)16-36-31(41)28-15-32(42-11-12-43-32)20-38(28)29(40)18-37(3)17-26-14-24(5-6-25(26)19-39)23-7-9-27(33)10-8-23;1-2/h4-10,13-14,19,28H,11-12,15-18,20H2,1-3H3,(H3,34,35)(H,36,41);1-2H3/b21-13+,22-4+;. The zero-order valence-corrected chi connectivity index (χ0v) is 26.7. The van der Waals surface area contributed by atoms with Crippen molar-refractivity contribution >= 4 is 23.9 Å². The lowest BCUT2D eigenvalue weighted by Gasteiger charge is -2.27. The van der Waals surface area contributed by atoms with Gasteiger partial charge in [-0.2, -0.15) is 0 Å². The largest absolute Gasteiger partial charge is 0.384 e. The average molecular weight is 622 g/mol. The third-order valence-corrected chi connectivity index (χ3v) is 7.59. The number of amides is 2. The topological polar surface area (TPSA) is 138 Å². The van der Waals surface area contributed by atoms with Gasteiger partial charge in [-0.3, -0.25) is 24.7 Å². The summed E-state index contributed by atoms with van der Waals surface area (Å²) in [4.78, 5) is 42.0. The molecule has 1 atom stereocenters. The summed E-state index contributed by atoms with van der Waals surface area (Å²) in [5, 5.41) is 10.5. The minimum atomic E-state index is -1.03. The van der Waals surface area contributed by atoms with E-state index in [1.54, 1.807) is 55.3 Å². The molecular formula is C34H44FN5O5. The molecule has 2 amide bonds. The van der Waals surface area contributed by atoms with Crippen LogP contribution in [0.15, 0.2) is 65.8 Å². The van der Waals surface area contributed by atoms with E-state index in [2.05, 4.69) is 5.32 Å².